The number of benzene rings is 1. The Morgan fingerprint density at radius 1 is 1.48 bits per heavy atom. The zero-order valence-corrected chi connectivity index (χ0v) is 11.8. The van der Waals surface area contributed by atoms with E-state index in [0.717, 1.165) is 0 Å². The van der Waals surface area contributed by atoms with E-state index in [-0.39, 0.29) is 22.2 Å². The zero-order valence-electron chi connectivity index (χ0n) is 11.0. The second-order valence-electron chi connectivity index (χ2n) is 4.30. The third-order valence-electron chi connectivity index (χ3n) is 2.81. The smallest absolute Gasteiger partial charge is 0.288 e. The number of hydrogen-bond donors (Lipinski definition) is 1. The molecule has 7 nitrogen and oxygen atoms in total. The largest absolute Gasteiger partial charge is 0.352 e. The van der Waals surface area contributed by atoms with Crippen LogP contribution in [0.1, 0.15) is 16.8 Å². The summed E-state index contributed by atoms with van der Waals surface area (Å²) in [5, 5.41) is 17.5. The summed E-state index contributed by atoms with van der Waals surface area (Å²) in [5.41, 5.74) is -0.0638. The van der Waals surface area contributed by atoms with Gasteiger partial charge in [0.2, 0.25) is 0 Å². The number of hydrogen-bond acceptors (Lipinski definition) is 4. The van der Waals surface area contributed by atoms with Crippen LogP contribution in [-0.2, 0) is 6.54 Å². The van der Waals surface area contributed by atoms with Gasteiger partial charge in [0.1, 0.15) is 5.02 Å². The average Bonchev–Trinajstić information content (AvgIpc) is 2.96. The number of carbonyl (C=O) groups is 1. The lowest BCUT2D eigenvalue weighted by atomic mass is 10.2. The molecule has 0 saturated carbocycles. The van der Waals surface area contributed by atoms with Gasteiger partial charge in [0, 0.05) is 37.1 Å². The summed E-state index contributed by atoms with van der Waals surface area (Å²) in [6, 6.07) is 5.80. The lowest BCUT2D eigenvalue weighted by molar-refractivity contribution is -0.384. The normalized spacial score (nSPS) is 10.3. The summed E-state index contributed by atoms with van der Waals surface area (Å²) in [6.45, 7) is 1.14. The topological polar surface area (TPSA) is 90.1 Å². The Morgan fingerprint density at radius 3 is 2.95 bits per heavy atom. The molecule has 1 aromatic carbocycles. The lowest BCUT2D eigenvalue weighted by Gasteiger charge is -2.06. The van der Waals surface area contributed by atoms with Gasteiger partial charge in [0.05, 0.1) is 4.92 Å². The molecule has 0 aliphatic rings. The molecule has 0 spiro atoms. The van der Waals surface area contributed by atoms with Gasteiger partial charge < -0.3 is 5.32 Å². The SMILES string of the molecule is O=C(NCCCn1cccn1)c1ccc(Cl)c([N+](=O)[O-])c1. The van der Waals surface area contributed by atoms with Crippen molar-refractivity contribution in [1.29, 1.82) is 0 Å². The highest BCUT2D eigenvalue weighted by molar-refractivity contribution is 6.32. The van der Waals surface area contributed by atoms with Gasteiger partial charge in [-0.05, 0) is 24.6 Å². The molecule has 1 heterocycles. The number of halogens is 1. The first kappa shape index (κ1) is 15.0. The van der Waals surface area contributed by atoms with Crippen LogP contribution in [0.3, 0.4) is 0 Å². The minimum Gasteiger partial charge on any atom is -0.352 e. The summed E-state index contributed by atoms with van der Waals surface area (Å²) in [4.78, 5) is 22.0. The second-order valence-corrected chi connectivity index (χ2v) is 4.71. The zero-order chi connectivity index (χ0) is 15.2. The van der Waals surface area contributed by atoms with E-state index in [0.29, 0.717) is 19.5 Å². The molecule has 8 heteroatoms. The van der Waals surface area contributed by atoms with Gasteiger partial charge in [0.25, 0.3) is 11.6 Å². The van der Waals surface area contributed by atoms with Crippen LogP contribution in [0.15, 0.2) is 36.7 Å². The van der Waals surface area contributed by atoms with E-state index in [1.54, 1.807) is 10.9 Å². The third-order valence-corrected chi connectivity index (χ3v) is 3.13. The number of aromatic nitrogens is 2. The van der Waals surface area contributed by atoms with Gasteiger partial charge in [-0.25, -0.2) is 0 Å². The van der Waals surface area contributed by atoms with Gasteiger partial charge in [0.15, 0.2) is 0 Å². The highest BCUT2D eigenvalue weighted by Crippen LogP contribution is 2.24. The molecule has 1 aromatic heterocycles. The van der Waals surface area contributed by atoms with Gasteiger partial charge in [-0.2, -0.15) is 5.10 Å². The Kier molecular flexibility index (Phi) is 4.89. The van der Waals surface area contributed by atoms with E-state index in [2.05, 4.69) is 10.4 Å². The third kappa shape index (κ3) is 4.03. The van der Waals surface area contributed by atoms with Crippen molar-refractivity contribution in [3.8, 4) is 0 Å². The molecule has 2 rings (SSSR count). The lowest BCUT2D eigenvalue weighted by Crippen LogP contribution is -2.25. The van der Waals surface area contributed by atoms with Crippen molar-refractivity contribution in [3.05, 3.63) is 57.4 Å². The van der Waals surface area contributed by atoms with Crippen molar-refractivity contribution in [2.75, 3.05) is 6.54 Å². The highest BCUT2D eigenvalue weighted by atomic mass is 35.5. The first-order chi connectivity index (χ1) is 10.1. The molecular weight excluding hydrogens is 296 g/mol. The van der Waals surface area contributed by atoms with Crippen LogP contribution >= 0.6 is 11.6 Å². The van der Waals surface area contributed by atoms with E-state index < -0.39 is 4.92 Å². The van der Waals surface area contributed by atoms with Crippen molar-refractivity contribution in [2.24, 2.45) is 0 Å². The number of amides is 1. The van der Waals surface area contributed by atoms with Crippen LogP contribution < -0.4 is 5.32 Å². The number of nitro groups is 1. The van der Waals surface area contributed by atoms with Crippen molar-refractivity contribution in [2.45, 2.75) is 13.0 Å². The molecule has 110 valence electrons. The molecule has 21 heavy (non-hydrogen) atoms. The Hall–Kier alpha value is -2.41. The molecule has 1 amide bonds. The van der Waals surface area contributed by atoms with Crippen molar-refractivity contribution >= 4 is 23.2 Å². The molecule has 0 bridgehead atoms. The quantitative estimate of drug-likeness (QED) is 0.503. The molecular formula is C13H13ClN4O3. The van der Waals surface area contributed by atoms with Gasteiger partial charge in [-0.3, -0.25) is 19.6 Å². The average molecular weight is 309 g/mol. The van der Waals surface area contributed by atoms with Crippen molar-refractivity contribution in [3.63, 3.8) is 0 Å². The van der Waals surface area contributed by atoms with Crippen LogP contribution in [0.25, 0.3) is 0 Å². The summed E-state index contributed by atoms with van der Waals surface area (Å²) in [7, 11) is 0. The molecule has 0 unspecified atom stereocenters. The Bertz CT molecular complexity index is 643. The first-order valence-electron chi connectivity index (χ1n) is 6.27. The maximum absolute atomic E-state index is 11.9. The van der Waals surface area contributed by atoms with Crippen molar-refractivity contribution in [1.82, 2.24) is 15.1 Å². The number of nitro benzene ring substituents is 1. The van der Waals surface area contributed by atoms with E-state index >= 15 is 0 Å². The highest BCUT2D eigenvalue weighted by Gasteiger charge is 2.15. The minimum absolute atomic E-state index is 0.00947. The molecule has 0 saturated heterocycles. The van der Waals surface area contributed by atoms with E-state index in [1.165, 1.54) is 18.2 Å². The summed E-state index contributed by atoms with van der Waals surface area (Å²) in [5.74, 6) is -0.366. The summed E-state index contributed by atoms with van der Waals surface area (Å²) < 4.78 is 1.76. The van der Waals surface area contributed by atoms with E-state index in [1.807, 2.05) is 12.3 Å². The van der Waals surface area contributed by atoms with Crippen LogP contribution in [0.2, 0.25) is 5.02 Å². The van der Waals surface area contributed by atoms with Crippen LogP contribution in [0, 0.1) is 10.1 Å². The van der Waals surface area contributed by atoms with Crippen LogP contribution in [-0.4, -0.2) is 27.2 Å². The van der Waals surface area contributed by atoms with Crippen LogP contribution in [0.4, 0.5) is 5.69 Å². The number of carbonyl (C=O) groups excluding carboxylic acids is 1. The first-order valence-corrected chi connectivity index (χ1v) is 6.65. The van der Waals surface area contributed by atoms with Gasteiger partial charge in [-0.15, -0.1) is 0 Å². The Labute approximate surface area is 125 Å². The molecule has 0 radical (unpaired) electrons. The fraction of sp³-hybridized carbons (Fsp3) is 0.231. The Balaban J connectivity index is 1.88. The molecule has 0 aliphatic carbocycles. The fourth-order valence-electron chi connectivity index (χ4n) is 1.77. The second kappa shape index (κ2) is 6.85. The number of nitrogens with zero attached hydrogens (tertiary/aromatic N) is 3. The summed E-state index contributed by atoms with van der Waals surface area (Å²) >= 11 is 5.70. The predicted octanol–water partition coefficient (Wildman–Crippen LogP) is 2.26. The monoisotopic (exact) mass is 308 g/mol. The standard InChI is InChI=1S/C13H13ClN4O3/c14-11-4-3-10(9-12(11)18(20)21)13(19)15-5-1-7-17-8-2-6-16-17/h2-4,6,8-9H,1,5,7H2,(H,15,19). The molecule has 0 aliphatic heterocycles. The maximum atomic E-state index is 11.9. The number of rotatable bonds is 6. The van der Waals surface area contributed by atoms with Crippen LogP contribution in [0.5, 0.6) is 0 Å². The molecule has 0 atom stereocenters. The number of aryl methyl sites for hydroxylation is 1. The van der Waals surface area contributed by atoms with Gasteiger partial charge >= 0.3 is 0 Å². The minimum atomic E-state index is -0.614. The molecule has 2 aromatic rings. The fourth-order valence-corrected chi connectivity index (χ4v) is 1.96. The van der Waals surface area contributed by atoms with Gasteiger partial charge in [-0.1, -0.05) is 11.6 Å². The van der Waals surface area contributed by atoms with E-state index in [4.69, 9.17) is 11.6 Å². The summed E-state index contributed by atoms with van der Waals surface area (Å²) in [6.07, 6.45) is 4.24. The number of nitrogens with one attached hydrogen (secondary N) is 1. The maximum Gasteiger partial charge on any atom is 0.288 e. The predicted molar refractivity (Wildman–Crippen MR) is 77.3 cm³/mol. The molecule has 0 fully saturated rings. The van der Waals surface area contributed by atoms with E-state index in [9.17, 15) is 14.9 Å². The molecule has 1 N–H and O–H groups in total. The Morgan fingerprint density at radius 2 is 2.29 bits per heavy atom. The van der Waals surface area contributed by atoms with Crippen molar-refractivity contribution < 1.29 is 9.72 Å².